The fourth-order valence-corrected chi connectivity index (χ4v) is 1.74. The molecule has 1 aliphatic rings. The monoisotopic (exact) mass is 314 g/mol. The van der Waals surface area contributed by atoms with Crippen LogP contribution in [0.4, 0.5) is 10.5 Å². The van der Waals surface area contributed by atoms with Crippen molar-refractivity contribution in [3.05, 3.63) is 40.0 Å². The molecule has 0 aliphatic carbocycles. The summed E-state index contributed by atoms with van der Waals surface area (Å²) in [7, 11) is 0. The molecule has 0 aromatic heterocycles. The van der Waals surface area contributed by atoms with Crippen molar-refractivity contribution < 1.29 is 4.79 Å². The van der Waals surface area contributed by atoms with Crippen LogP contribution in [-0.2, 0) is 0 Å². The Morgan fingerprint density at radius 2 is 1.80 bits per heavy atom. The van der Waals surface area contributed by atoms with E-state index in [4.69, 9.17) is 0 Å². The average Bonchev–Trinajstić information content (AvgIpc) is 2.74. The van der Waals surface area contributed by atoms with Crippen molar-refractivity contribution in [2.24, 2.45) is 0 Å². The Hall–Kier alpha value is -1.04. The smallest absolute Gasteiger partial charge is 0.317 e. The Morgan fingerprint density at radius 1 is 1.20 bits per heavy atom. The van der Waals surface area contributed by atoms with Crippen molar-refractivity contribution in [2.75, 3.05) is 18.4 Å². The molecule has 1 N–H and O–H groups in total. The molecule has 0 radical (unpaired) electrons. The third-order valence-electron chi connectivity index (χ3n) is 2.20. The molecule has 15 heavy (non-hydrogen) atoms. The third-order valence-corrected chi connectivity index (χ3v) is 2.92. The Labute approximate surface area is 102 Å². The molecular weight excluding hydrogens is 303 g/mol. The molecule has 0 fully saturated rings. The molecule has 2 rings (SSSR count). The number of hydrogen-bond donors (Lipinski definition) is 1. The Morgan fingerprint density at radius 3 is 2.40 bits per heavy atom. The van der Waals surface area contributed by atoms with E-state index in [0.29, 0.717) is 13.1 Å². The number of hydrogen-bond acceptors (Lipinski definition) is 1. The van der Waals surface area contributed by atoms with Crippen LogP contribution in [-0.4, -0.2) is 24.0 Å². The molecule has 0 saturated carbocycles. The lowest BCUT2D eigenvalue weighted by Gasteiger charge is -2.16. The molecule has 0 unspecified atom stereocenters. The van der Waals surface area contributed by atoms with Crippen LogP contribution in [0.3, 0.4) is 0 Å². The third kappa shape index (κ3) is 2.71. The van der Waals surface area contributed by atoms with Crippen molar-refractivity contribution in [3.63, 3.8) is 0 Å². The molecule has 1 aromatic carbocycles. The second-order valence-corrected chi connectivity index (χ2v) is 4.56. The van der Waals surface area contributed by atoms with Crippen LogP contribution in [0.25, 0.3) is 0 Å². The summed E-state index contributed by atoms with van der Waals surface area (Å²) < 4.78 is 1.16. The number of anilines is 1. The second kappa shape index (κ2) is 4.65. The summed E-state index contributed by atoms with van der Waals surface area (Å²) in [6.45, 7) is 1.41. The Balaban J connectivity index is 1.96. The minimum Gasteiger partial charge on any atom is -0.317 e. The fraction of sp³-hybridized carbons (Fsp3) is 0.182. The average molecular weight is 314 g/mol. The van der Waals surface area contributed by atoms with Gasteiger partial charge in [0.25, 0.3) is 0 Å². The minimum atomic E-state index is -0.0405. The molecule has 0 saturated heterocycles. The van der Waals surface area contributed by atoms with Gasteiger partial charge >= 0.3 is 6.03 Å². The first-order valence-corrected chi connectivity index (χ1v) is 5.80. The van der Waals surface area contributed by atoms with E-state index < -0.39 is 0 Å². The second-order valence-electron chi connectivity index (χ2n) is 3.31. The number of urea groups is 1. The number of halogens is 1. The molecule has 0 atom stereocenters. The predicted molar refractivity (Wildman–Crippen MR) is 68.9 cm³/mol. The van der Waals surface area contributed by atoms with Gasteiger partial charge in [0, 0.05) is 22.3 Å². The van der Waals surface area contributed by atoms with Gasteiger partial charge < -0.3 is 10.2 Å². The quantitative estimate of drug-likeness (QED) is 0.627. The number of carbonyl (C=O) groups excluding carboxylic acids is 1. The van der Waals surface area contributed by atoms with Gasteiger partial charge in [-0.05, 0) is 46.9 Å². The highest BCUT2D eigenvalue weighted by Crippen LogP contribution is 2.12. The summed E-state index contributed by atoms with van der Waals surface area (Å²) in [6.07, 6.45) is 3.99. The minimum absolute atomic E-state index is 0.0405. The SMILES string of the molecule is O=C(Nc1ccc(I)cc1)N1CC=CC1. The first-order chi connectivity index (χ1) is 7.25. The first kappa shape index (κ1) is 10.5. The number of rotatable bonds is 1. The summed E-state index contributed by atoms with van der Waals surface area (Å²) in [4.78, 5) is 13.4. The molecule has 0 bridgehead atoms. The van der Waals surface area contributed by atoms with Crippen LogP contribution in [0.15, 0.2) is 36.4 Å². The molecule has 1 aromatic rings. The molecule has 1 heterocycles. The summed E-state index contributed by atoms with van der Waals surface area (Å²) in [5.74, 6) is 0. The Kier molecular flexibility index (Phi) is 3.25. The van der Waals surface area contributed by atoms with E-state index in [1.54, 1.807) is 4.90 Å². The van der Waals surface area contributed by atoms with E-state index >= 15 is 0 Å². The maximum absolute atomic E-state index is 11.7. The molecule has 0 spiro atoms. The molecule has 4 heteroatoms. The number of amides is 2. The van der Waals surface area contributed by atoms with Gasteiger partial charge in [-0.25, -0.2) is 4.79 Å². The van der Waals surface area contributed by atoms with E-state index in [2.05, 4.69) is 27.9 Å². The van der Waals surface area contributed by atoms with Crippen LogP contribution in [0.1, 0.15) is 0 Å². The van der Waals surface area contributed by atoms with Gasteiger partial charge in [-0.2, -0.15) is 0 Å². The van der Waals surface area contributed by atoms with Gasteiger partial charge in [0.15, 0.2) is 0 Å². The van der Waals surface area contributed by atoms with Gasteiger partial charge in [-0.1, -0.05) is 12.2 Å². The van der Waals surface area contributed by atoms with Crippen molar-refractivity contribution in [3.8, 4) is 0 Å². The molecule has 1 aliphatic heterocycles. The normalized spacial score (nSPS) is 14.3. The zero-order chi connectivity index (χ0) is 10.7. The van der Waals surface area contributed by atoms with Gasteiger partial charge in [0.1, 0.15) is 0 Å². The lowest BCUT2D eigenvalue weighted by Crippen LogP contribution is -2.32. The van der Waals surface area contributed by atoms with Crippen LogP contribution < -0.4 is 5.32 Å². The summed E-state index contributed by atoms with van der Waals surface area (Å²) in [5, 5.41) is 2.85. The molecular formula is C11H11IN2O. The van der Waals surface area contributed by atoms with Gasteiger partial charge in [-0.3, -0.25) is 0 Å². The highest BCUT2D eigenvalue weighted by atomic mass is 127. The van der Waals surface area contributed by atoms with Crippen molar-refractivity contribution in [1.29, 1.82) is 0 Å². The van der Waals surface area contributed by atoms with Gasteiger partial charge in [-0.15, -0.1) is 0 Å². The predicted octanol–water partition coefficient (Wildman–Crippen LogP) is 2.69. The highest BCUT2D eigenvalue weighted by Gasteiger charge is 2.13. The number of carbonyl (C=O) groups is 1. The largest absolute Gasteiger partial charge is 0.322 e. The van der Waals surface area contributed by atoms with E-state index in [-0.39, 0.29) is 6.03 Å². The maximum Gasteiger partial charge on any atom is 0.322 e. The van der Waals surface area contributed by atoms with E-state index in [0.717, 1.165) is 9.26 Å². The lowest BCUT2D eigenvalue weighted by molar-refractivity contribution is 0.224. The lowest BCUT2D eigenvalue weighted by atomic mass is 10.3. The van der Waals surface area contributed by atoms with E-state index in [1.165, 1.54) is 0 Å². The van der Waals surface area contributed by atoms with Crippen molar-refractivity contribution in [1.82, 2.24) is 4.90 Å². The Bertz CT molecular complexity index is 378. The van der Waals surface area contributed by atoms with Crippen LogP contribution >= 0.6 is 22.6 Å². The first-order valence-electron chi connectivity index (χ1n) is 4.72. The van der Waals surface area contributed by atoms with Crippen molar-refractivity contribution in [2.45, 2.75) is 0 Å². The van der Waals surface area contributed by atoms with Crippen LogP contribution in [0.2, 0.25) is 0 Å². The maximum atomic E-state index is 11.7. The fourth-order valence-electron chi connectivity index (χ4n) is 1.38. The van der Waals surface area contributed by atoms with Gasteiger partial charge in [0.2, 0.25) is 0 Å². The van der Waals surface area contributed by atoms with Gasteiger partial charge in [0.05, 0.1) is 0 Å². The highest BCUT2D eigenvalue weighted by molar-refractivity contribution is 14.1. The topological polar surface area (TPSA) is 32.3 Å². The number of benzene rings is 1. The summed E-state index contributed by atoms with van der Waals surface area (Å²) >= 11 is 2.24. The number of nitrogens with zero attached hydrogens (tertiary/aromatic N) is 1. The standard InChI is InChI=1S/C11H11IN2O/c12-9-3-5-10(6-4-9)13-11(15)14-7-1-2-8-14/h1-6H,7-8H2,(H,13,15). The summed E-state index contributed by atoms with van der Waals surface area (Å²) in [6, 6.07) is 7.71. The molecule has 78 valence electrons. The zero-order valence-electron chi connectivity index (χ0n) is 8.11. The molecule has 2 amide bonds. The van der Waals surface area contributed by atoms with Crippen LogP contribution in [0, 0.1) is 3.57 Å². The zero-order valence-corrected chi connectivity index (χ0v) is 10.3. The van der Waals surface area contributed by atoms with Crippen LogP contribution in [0.5, 0.6) is 0 Å². The summed E-state index contributed by atoms with van der Waals surface area (Å²) in [5.41, 5.74) is 0.840. The molecule has 3 nitrogen and oxygen atoms in total. The van der Waals surface area contributed by atoms with E-state index in [9.17, 15) is 4.79 Å². The van der Waals surface area contributed by atoms with Crippen molar-refractivity contribution >= 4 is 34.3 Å². The van der Waals surface area contributed by atoms with E-state index in [1.807, 2.05) is 36.4 Å². The number of nitrogens with one attached hydrogen (secondary N) is 1.